The number of aliphatic hydroxyl groups excluding tert-OH is 1. The predicted molar refractivity (Wildman–Crippen MR) is 54.8 cm³/mol. The highest BCUT2D eigenvalue weighted by Gasteiger charge is 2.02. The molecule has 0 saturated carbocycles. The van der Waals surface area contributed by atoms with Crippen molar-refractivity contribution in [3.8, 4) is 0 Å². The maximum absolute atomic E-state index is 10.5. The third-order valence-electron chi connectivity index (χ3n) is 0.564. The highest BCUT2D eigenvalue weighted by molar-refractivity contribution is 7.33. The average Bonchev–Trinajstić information content (AvgIpc) is 2.01. The third kappa shape index (κ3) is 19.2. The van der Waals surface area contributed by atoms with E-state index in [0.717, 1.165) is 5.88 Å². The Morgan fingerprint density at radius 3 is 2.31 bits per heavy atom. The zero-order valence-electron chi connectivity index (χ0n) is 7.63. The molecule has 0 rings (SSSR count). The second kappa shape index (κ2) is 12.7. The van der Waals surface area contributed by atoms with E-state index in [-0.39, 0.29) is 12.5 Å². The molecule has 0 amide bonds. The van der Waals surface area contributed by atoms with Crippen molar-refractivity contribution in [3.63, 3.8) is 0 Å². The second-order valence-corrected chi connectivity index (χ2v) is 3.71. The van der Waals surface area contributed by atoms with Gasteiger partial charge in [-0.3, -0.25) is 9.09 Å². The number of aliphatic hydroxyl groups is 1. The lowest BCUT2D eigenvalue weighted by atomic mass is 10.8. The van der Waals surface area contributed by atoms with Crippen LogP contribution in [-0.4, -0.2) is 29.8 Å². The lowest BCUT2D eigenvalue weighted by molar-refractivity contribution is -0.00563. The fraction of sp³-hybridized carbons (Fsp3) is 1.00. The van der Waals surface area contributed by atoms with Crippen molar-refractivity contribution in [2.24, 2.45) is 0 Å². The molecule has 7 heteroatoms. The molecule has 0 aliphatic rings. The predicted octanol–water partition coefficient (Wildman–Crippen LogP) is 2.23. The summed E-state index contributed by atoms with van der Waals surface area (Å²) in [7, 11) is -2.54. The van der Waals surface area contributed by atoms with Gasteiger partial charge in [-0.15, -0.1) is 23.2 Å². The van der Waals surface area contributed by atoms with E-state index in [1.54, 1.807) is 0 Å². The summed E-state index contributed by atoms with van der Waals surface area (Å²) in [6, 6.07) is 0. The van der Waals surface area contributed by atoms with Gasteiger partial charge in [-0.1, -0.05) is 6.92 Å². The van der Waals surface area contributed by atoms with Gasteiger partial charge >= 0.3 is 8.25 Å². The van der Waals surface area contributed by atoms with E-state index in [9.17, 15) is 4.57 Å². The molecule has 13 heavy (non-hydrogen) atoms. The van der Waals surface area contributed by atoms with Gasteiger partial charge in [-0.25, -0.2) is 0 Å². The van der Waals surface area contributed by atoms with Crippen LogP contribution in [0.3, 0.4) is 0 Å². The number of halogens is 2. The van der Waals surface area contributed by atoms with E-state index >= 15 is 0 Å². The van der Waals surface area contributed by atoms with Crippen LogP contribution in [0.4, 0.5) is 0 Å². The standard InChI is InChI=1S/C4H10ClO4P.C2H5Cl/c1-4(6)9-10(7)8-3-2-5;1-2-3/h4,6,10H,2-3H2,1H3;2H2,1H3. The maximum atomic E-state index is 10.5. The molecule has 0 heterocycles. The van der Waals surface area contributed by atoms with Crippen LogP contribution in [0.2, 0.25) is 0 Å². The van der Waals surface area contributed by atoms with E-state index in [2.05, 4.69) is 9.05 Å². The summed E-state index contributed by atoms with van der Waals surface area (Å²) in [6.07, 6.45) is -1.05. The van der Waals surface area contributed by atoms with Gasteiger partial charge in [-0.05, 0) is 6.92 Å². The molecule has 0 spiro atoms. The van der Waals surface area contributed by atoms with Gasteiger partial charge in [0.25, 0.3) is 0 Å². The van der Waals surface area contributed by atoms with Crippen LogP contribution in [0.5, 0.6) is 0 Å². The average molecular weight is 253 g/mol. The molecule has 1 N–H and O–H groups in total. The van der Waals surface area contributed by atoms with Crippen LogP contribution in [0.15, 0.2) is 0 Å². The Kier molecular flexibility index (Phi) is 15.7. The highest BCUT2D eigenvalue weighted by Crippen LogP contribution is 2.24. The first-order valence-electron chi connectivity index (χ1n) is 3.71. The molecule has 4 nitrogen and oxygen atoms in total. The van der Waals surface area contributed by atoms with E-state index in [4.69, 9.17) is 28.3 Å². The van der Waals surface area contributed by atoms with Crippen molar-refractivity contribution in [3.05, 3.63) is 0 Å². The molecule has 0 saturated heterocycles. The Bertz CT molecular complexity index is 123. The number of hydrogen-bond acceptors (Lipinski definition) is 4. The number of hydrogen-bond donors (Lipinski definition) is 1. The van der Waals surface area contributed by atoms with Gasteiger partial charge in [0, 0.05) is 11.8 Å². The summed E-state index contributed by atoms with van der Waals surface area (Å²) in [5.41, 5.74) is 0. The fourth-order valence-corrected chi connectivity index (χ4v) is 1.12. The summed E-state index contributed by atoms with van der Waals surface area (Å²) in [5.74, 6) is 0.986. The largest absolute Gasteiger partial charge is 0.368 e. The molecule has 0 aromatic rings. The Labute approximate surface area is 89.1 Å². The quantitative estimate of drug-likeness (QED) is 0.463. The molecule has 0 aliphatic carbocycles. The number of rotatable bonds is 5. The zero-order chi connectivity index (χ0) is 10.7. The minimum absolute atomic E-state index is 0.173. The van der Waals surface area contributed by atoms with Crippen molar-refractivity contribution in [2.45, 2.75) is 20.1 Å². The normalized spacial score (nSPS) is 14.2. The van der Waals surface area contributed by atoms with Crippen LogP contribution in [-0.2, 0) is 13.6 Å². The van der Waals surface area contributed by atoms with Crippen LogP contribution >= 0.6 is 31.5 Å². The van der Waals surface area contributed by atoms with E-state index in [1.807, 2.05) is 6.92 Å². The lowest BCUT2D eigenvalue weighted by Gasteiger charge is -2.05. The van der Waals surface area contributed by atoms with Crippen molar-refractivity contribution >= 4 is 31.5 Å². The molecule has 2 unspecified atom stereocenters. The smallest absolute Gasteiger partial charge is 0.321 e. The first-order chi connectivity index (χ1) is 6.08. The Morgan fingerprint density at radius 2 is 2.00 bits per heavy atom. The Hall–Kier alpha value is 0.690. The molecular weight excluding hydrogens is 238 g/mol. The van der Waals surface area contributed by atoms with Gasteiger partial charge in [0.1, 0.15) is 0 Å². The molecule has 2 atom stereocenters. The van der Waals surface area contributed by atoms with E-state index < -0.39 is 14.5 Å². The molecule has 0 aromatic carbocycles. The van der Waals surface area contributed by atoms with Gasteiger partial charge in [-0.2, -0.15) is 0 Å². The lowest BCUT2D eigenvalue weighted by Crippen LogP contribution is -2.01. The van der Waals surface area contributed by atoms with Gasteiger partial charge in [0.05, 0.1) is 6.61 Å². The van der Waals surface area contributed by atoms with Crippen LogP contribution in [0.1, 0.15) is 13.8 Å². The SMILES string of the molecule is CC(O)O[PH](=O)OCCCl.CCCl. The van der Waals surface area contributed by atoms with Crippen molar-refractivity contribution < 1.29 is 18.7 Å². The van der Waals surface area contributed by atoms with E-state index in [0.29, 0.717) is 0 Å². The highest BCUT2D eigenvalue weighted by atomic mass is 35.5. The van der Waals surface area contributed by atoms with Gasteiger partial charge in [0.15, 0.2) is 6.29 Å². The first kappa shape index (κ1) is 16.1. The summed E-state index contributed by atoms with van der Waals surface area (Å²) >= 11 is 10.2. The summed E-state index contributed by atoms with van der Waals surface area (Å²) < 4.78 is 19.4. The first-order valence-corrected chi connectivity index (χ1v) is 6.01. The fourth-order valence-electron chi connectivity index (χ4n) is 0.295. The van der Waals surface area contributed by atoms with Gasteiger partial charge in [0.2, 0.25) is 0 Å². The number of alkyl halides is 2. The Morgan fingerprint density at radius 1 is 1.54 bits per heavy atom. The zero-order valence-corrected chi connectivity index (χ0v) is 10.1. The van der Waals surface area contributed by atoms with Gasteiger partial charge < -0.3 is 9.63 Å². The van der Waals surface area contributed by atoms with Crippen LogP contribution in [0.25, 0.3) is 0 Å². The summed E-state index contributed by atoms with van der Waals surface area (Å²) in [6.45, 7) is 3.42. The molecule has 0 aliphatic heterocycles. The topological polar surface area (TPSA) is 55.8 Å². The van der Waals surface area contributed by atoms with Crippen molar-refractivity contribution in [2.75, 3.05) is 18.4 Å². The monoisotopic (exact) mass is 252 g/mol. The summed E-state index contributed by atoms with van der Waals surface area (Å²) in [4.78, 5) is 0. The van der Waals surface area contributed by atoms with E-state index in [1.165, 1.54) is 6.92 Å². The molecule has 0 bridgehead atoms. The van der Waals surface area contributed by atoms with Crippen molar-refractivity contribution in [1.29, 1.82) is 0 Å². The maximum Gasteiger partial charge on any atom is 0.321 e. The minimum atomic E-state index is -2.54. The molecule has 0 aromatic heterocycles. The van der Waals surface area contributed by atoms with Crippen LogP contribution in [0, 0.1) is 0 Å². The molecular formula is C6H15Cl2O4P. The minimum Gasteiger partial charge on any atom is -0.368 e. The molecule has 82 valence electrons. The summed E-state index contributed by atoms with van der Waals surface area (Å²) in [5, 5.41) is 8.51. The molecule has 0 radical (unpaired) electrons. The third-order valence-corrected chi connectivity index (χ3v) is 1.69. The Balaban J connectivity index is 0. The second-order valence-electron chi connectivity index (χ2n) is 1.77. The van der Waals surface area contributed by atoms with Crippen molar-refractivity contribution in [1.82, 2.24) is 0 Å². The van der Waals surface area contributed by atoms with Crippen LogP contribution < -0.4 is 0 Å². The molecule has 0 fully saturated rings.